The Balaban J connectivity index is 2.87. The van der Waals surface area contributed by atoms with E-state index in [1.165, 1.54) is 12.3 Å². The van der Waals surface area contributed by atoms with E-state index >= 15 is 0 Å². The molecule has 0 spiro atoms. The maximum absolute atomic E-state index is 12.2. The lowest BCUT2D eigenvalue weighted by Gasteiger charge is -2.17. The molecule has 1 aromatic rings. The molecular weight excluding hydrogens is 260 g/mol. The molecule has 0 aromatic heterocycles. The van der Waals surface area contributed by atoms with Crippen LogP contribution in [0.15, 0.2) is 28.7 Å². The molecule has 0 N–H and O–H groups in total. The van der Waals surface area contributed by atoms with Gasteiger partial charge in [0, 0.05) is 5.56 Å². The number of nitrogens with zero attached hydrogens (tertiary/aromatic N) is 1. The minimum Gasteiger partial charge on any atom is -0.591 e. The number of hydrogen-bond acceptors (Lipinski definition) is 3. The number of alkyl halides is 2. The van der Waals surface area contributed by atoms with E-state index in [0.29, 0.717) is 5.56 Å². The fourth-order valence-corrected chi connectivity index (χ4v) is 1.58. The Morgan fingerprint density at radius 1 is 1.33 bits per heavy atom. The molecule has 1 atom stereocenters. The molecule has 0 aliphatic rings. The van der Waals surface area contributed by atoms with Gasteiger partial charge < -0.3 is 9.29 Å². The predicted molar refractivity (Wildman–Crippen MR) is 68.6 cm³/mol. The highest BCUT2D eigenvalue weighted by Crippen LogP contribution is 2.21. The Kier molecular flexibility index (Phi) is 5.10. The fraction of sp³-hybridized carbons (Fsp3) is 0.417. The number of para-hydroxylation sites is 1. The Bertz CT molecular complexity index is 419. The van der Waals surface area contributed by atoms with Crippen LogP contribution in [-0.2, 0) is 11.4 Å². The molecule has 0 aliphatic carbocycles. The first kappa shape index (κ1) is 14.9. The van der Waals surface area contributed by atoms with E-state index in [4.69, 9.17) is 0 Å². The second-order valence-corrected chi connectivity index (χ2v) is 6.45. The Labute approximate surface area is 108 Å². The lowest BCUT2D eigenvalue weighted by atomic mass is 10.2. The van der Waals surface area contributed by atoms with Gasteiger partial charge in [0.1, 0.15) is 21.9 Å². The summed E-state index contributed by atoms with van der Waals surface area (Å²) in [7, 11) is 0. The van der Waals surface area contributed by atoms with Gasteiger partial charge in [0.25, 0.3) is 0 Å². The van der Waals surface area contributed by atoms with Crippen molar-refractivity contribution in [3.63, 3.8) is 0 Å². The summed E-state index contributed by atoms with van der Waals surface area (Å²) in [5.41, 5.74) is 0.371. The normalized spacial score (nSPS) is 14.2. The van der Waals surface area contributed by atoms with Crippen molar-refractivity contribution in [3.8, 4) is 5.75 Å². The molecule has 0 amide bonds. The summed E-state index contributed by atoms with van der Waals surface area (Å²) >= 11 is -1.43. The topological polar surface area (TPSA) is 44.7 Å². The Hall–Kier alpha value is -1.14. The molecule has 0 aliphatic heterocycles. The lowest BCUT2D eigenvalue weighted by Crippen LogP contribution is -2.25. The van der Waals surface area contributed by atoms with Crippen LogP contribution in [0.25, 0.3) is 0 Å². The standard InChI is InChI=1S/C12H15F2NO2S/c1-12(2,3)18(16)15-8-9-6-4-5-7-10(9)17-11(13)14/h4-8,11H,1-3H3. The van der Waals surface area contributed by atoms with Crippen LogP contribution in [-0.4, -0.2) is 22.1 Å². The van der Waals surface area contributed by atoms with E-state index in [1.807, 2.05) is 0 Å². The third kappa shape index (κ3) is 4.62. The summed E-state index contributed by atoms with van der Waals surface area (Å²) in [4.78, 5) is 0. The number of rotatable bonds is 4. The minimum absolute atomic E-state index is 0.0159. The third-order valence-electron chi connectivity index (χ3n) is 1.95. The first-order valence-corrected chi connectivity index (χ1v) is 6.41. The first-order chi connectivity index (χ1) is 8.30. The average molecular weight is 275 g/mol. The van der Waals surface area contributed by atoms with Crippen molar-refractivity contribution >= 4 is 17.6 Å². The van der Waals surface area contributed by atoms with Crippen molar-refractivity contribution in [2.45, 2.75) is 32.1 Å². The van der Waals surface area contributed by atoms with Crippen LogP contribution in [0, 0.1) is 0 Å². The van der Waals surface area contributed by atoms with Crippen LogP contribution in [0.4, 0.5) is 8.78 Å². The SMILES string of the molecule is CC(C)(C)[S+]([O-])N=Cc1ccccc1OC(F)F. The third-order valence-corrected chi connectivity index (χ3v) is 3.29. The molecular formula is C12H15F2NO2S. The van der Waals surface area contributed by atoms with Gasteiger partial charge in [0.05, 0.1) is 6.21 Å². The van der Waals surface area contributed by atoms with Crippen LogP contribution in [0.2, 0.25) is 0 Å². The average Bonchev–Trinajstić information content (AvgIpc) is 2.25. The molecule has 1 aromatic carbocycles. The molecule has 1 rings (SSSR count). The number of ether oxygens (including phenoxy) is 1. The Morgan fingerprint density at radius 3 is 2.50 bits per heavy atom. The van der Waals surface area contributed by atoms with Crippen molar-refractivity contribution in [1.82, 2.24) is 0 Å². The molecule has 18 heavy (non-hydrogen) atoms. The van der Waals surface area contributed by atoms with Gasteiger partial charge in [-0.2, -0.15) is 8.78 Å². The number of hydrogen-bond donors (Lipinski definition) is 0. The zero-order chi connectivity index (χ0) is 13.8. The summed E-state index contributed by atoms with van der Waals surface area (Å²) in [6.45, 7) is 2.44. The summed E-state index contributed by atoms with van der Waals surface area (Å²) in [6.07, 6.45) is 1.29. The molecule has 0 bridgehead atoms. The van der Waals surface area contributed by atoms with E-state index in [-0.39, 0.29) is 5.75 Å². The quantitative estimate of drug-likeness (QED) is 0.626. The molecule has 0 radical (unpaired) electrons. The lowest BCUT2D eigenvalue weighted by molar-refractivity contribution is -0.0499. The van der Waals surface area contributed by atoms with Gasteiger partial charge in [-0.15, -0.1) is 0 Å². The van der Waals surface area contributed by atoms with Gasteiger partial charge in [-0.3, -0.25) is 0 Å². The van der Waals surface area contributed by atoms with E-state index < -0.39 is 22.7 Å². The van der Waals surface area contributed by atoms with Gasteiger partial charge in [0.2, 0.25) is 0 Å². The van der Waals surface area contributed by atoms with E-state index in [0.717, 1.165) is 0 Å². The monoisotopic (exact) mass is 275 g/mol. The second-order valence-electron chi connectivity index (χ2n) is 4.51. The fourth-order valence-electron chi connectivity index (χ4n) is 1.05. The van der Waals surface area contributed by atoms with Gasteiger partial charge in [-0.1, -0.05) is 16.5 Å². The molecule has 0 heterocycles. The van der Waals surface area contributed by atoms with Crippen molar-refractivity contribution in [2.75, 3.05) is 0 Å². The highest BCUT2D eigenvalue weighted by molar-refractivity contribution is 7.91. The first-order valence-electron chi connectivity index (χ1n) is 5.30. The van der Waals surface area contributed by atoms with Crippen molar-refractivity contribution in [1.29, 1.82) is 0 Å². The zero-order valence-corrected chi connectivity index (χ0v) is 11.2. The van der Waals surface area contributed by atoms with E-state index in [2.05, 4.69) is 9.13 Å². The molecule has 1 unspecified atom stereocenters. The molecule has 3 nitrogen and oxygen atoms in total. The van der Waals surface area contributed by atoms with Gasteiger partial charge in [-0.05, 0) is 32.9 Å². The van der Waals surface area contributed by atoms with E-state index in [1.54, 1.807) is 39.0 Å². The minimum atomic E-state index is -2.90. The van der Waals surface area contributed by atoms with Crippen LogP contribution in [0.1, 0.15) is 26.3 Å². The molecule has 100 valence electrons. The van der Waals surface area contributed by atoms with Crippen molar-refractivity contribution in [2.24, 2.45) is 4.40 Å². The van der Waals surface area contributed by atoms with Crippen molar-refractivity contribution in [3.05, 3.63) is 29.8 Å². The van der Waals surface area contributed by atoms with Gasteiger partial charge in [-0.25, -0.2) is 0 Å². The summed E-state index contributed by atoms with van der Waals surface area (Å²) in [5.74, 6) is 0.0159. The van der Waals surface area contributed by atoms with Crippen molar-refractivity contribution < 1.29 is 18.1 Å². The van der Waals surface area contributed by atoms with E-state index in [9.17, 15) is 13.3 Å². The number of halogens is 2. The van der Waals surface area contributed by atoms with Crippen LogP contribution in [0.3, 0.4) is 0 Å². The molecule has 0 saturated heterocycles. The second kappa shape index (κ2) is 6.15. The molecule has 0 saturated carbocycles. The summed E-state index contributed by atoms with van der Waals surface area (Å²) < 4.78 is 43.7. The number of benzene rings is 1. The predicted octanol–water partition coefficient (Wildman–Crippen LogP) is 3.17. The zero-order valence-electron chi connectivity index (χ0n) is 10.4. The summed E-state index contributed by atoms with van der Waals surface area (Å²) in [5, 5.41) is 0. The highest BCUT2D eigenvalue weighted by atomic mass is 32.2. The highest BCUT2D eigenvalue weighted by Gasteiger charge is 2.25. The van der Waals surface area contributed by atoms with Crippen LogP contribution >= 0.6 is 0 Å². The maximum atomic E-state index is 12.2. The summed E-state index contributed by atoms with van der Waals surface area (Å²) in [6, 6.07) is 6.23. The van der Waals surface area contributed by atoms with Crippen LogP contribution < -0.4 is 4.74 Å². The maximum Gasteiger partial charge on any atom is 0.387 e. The largest absolute Gasteiger partial charge is 0.591 e. The van der Waals surface area contributed by atoms with Gasteiger partial charge in [0.15, 0.2) is 0 Å². The molecule has 6 heteroatoms. The smallest absolute Gasteiger partial charge is 0.387 e. The molecule has 0 fully saturated rings. The Morgan fingerprint density at radius 2 is 1.94 bits per heavy atom. The van der Waals surface area contributed by atoms with Crippen LogP contribution in [0.5, 0.6) is 5.75 Å². The van der Waals surface area contributed by atoms with Gasteiger partial charge >= 0.3 is 6.61 Å².